The minimum Gasteiger partial charge on any atom is -0.497 e. The van der Waals surface area contributed by atoms with E-state index >= 15 is 0 Å². The van der Waals surface area contributed by atoms with Crippen molar-refractivity contribution in [3.63, 3.8) is 0 Å². The fourth-order valence-electron chi connectivity index (χ4n) is 2.59. The van der Waals surface area contributed by atoms with Gasteiger partial charge in [-0.05, 0) is 6.07 Å². The van der Waals surface area contributed by atoms with E-state index in [1.54, 1.807) is 19.2 Å². The van der Waals surface area contributed by atoms with Gasteiger partial charge in [-0.25, -0.2) is 13.8 Å². The molecule has 0 spiro atoms. The Balaban J connectivity index is 2.24. The smallest absolute Gasteiger partial charge is 0.212 e. The lowest BCUT2D eigenvalue weighted by molar-refractivity contribution is 0.398. The van der Waals surface area contributed by atoms with Crippen LogP contribution in [0.4, 0.5) is 8.78 Å². The first-order valence-corrected chi connectivity index (χ1v) is 7.60. The average Bonchev–Trinajstić information content (AvgIpc) is 2.88. The van der Waals surface area contributed by atoms with E-state index in [1.807, 2.05) is 0 Å². The first-order valence-electron chi connectivity index (χ1n) is 7.22. The molecule has 0 bridgehead atoms. The number of hydrogen-bond acceptors (Lipinski definition) is 4. The number of pyridine rings is 1. The minimum atomic E-state index is -0.797. The molecule has 0 radical (unpaired) electrons. The highest BCUT2D eigenvalue weighted by molar-refractivity contribution is 6.33. The Hall–Kier alpha value is -2.67. The van der Waals surface area contributed by atoms with E-state index in [0.717, 1.165) is 12.1 Å². The third-order valence-corrected chi connectivity index (χ3v) is 3.99. The van der Waals surface area contributed by atoms with E-state index in [2.05, 4.69) is 10.1 Å². The molecule has 8 heteroatoms. The summed E-state index contributed by atoms with van der Waals surface area (Å²) in [4.78, 5) is 4.12. The Labute approximate surface area is 147 Å². The number of hydrogen-bond donors (Lipinski definition) is 0. The molecule has 25 heavy (non-hydrogen) atoms. The molecule has 0 unspecified atom stereocenters. The van der Waals surface area contributed by atoms with Gasteiger partial charge in [-0.1, -0.05) is 11.6 Å². The van der Waals surface area contributed by atoms with Crippen LogP contribution in [0.1, 0.15) is 0 Å². The predicted octanol–water partition coefficient (Wildman–Crippen LogP) is 4.10. The van der Waals surface area contributed by atoms with Gasteiger partial charge in [0.1, 0.15) is 17.4 Å². The van der Waals surface area contributed by atoms with Crippen LogP contribution in [-0.4, -0.2) is 29.0 Å². The van der Waals surface area contributed by atoms with E-state index in [-0.39, 0.29) is 22.0 Å². The molecule has 0 aliphatic rings. The van der Waals surface area contributed by atoms with E-state index in [0.29, 0.717) is 17.1 Å². The summed E-state index contributed by atoms with van der Waals surface area (Å²) < 4.78 is 40.4. The number of methoxy groups -OCH3 is 2. The van der Waals surface area contributed by atoms with Crippen LogP contribution in [0.3, 0.4) is 0 Å². The summed E-state index contributed by atoms with van der Waals surface area (Å²) in [6.45, 7) is 0. The molecule has 1 aromatic carbocycles. The fourth-order valence-corrected chi connectivity index (χ4v) is 2.89. The second-order valence-corrected chi connectivity index (χ2v) is 5.55. The standard InChI is InChI=1S/C17H14ClF2N3O2/c1-23-16(9-4-5-13(25-3)21-8-9)15(17(18)22-23)14-11(19)6-10(24-2)7-12(14)20/h4-8H,1-3H3. The fraction of sp³-hybridized carbons (Fsp3) is 0.176. The second-order valence-electron chi connectivity index (χ2n) is 5.19. The van der Waals surface area contributed by atoms with Crippen molar-refractivity contribution in [1.82, 2.24) is 14.8 Å². The lowest BCUT2D eigenvalue weighted by Gasteiger charge is -2.10. The van der Waals surface area contributed by atoms with Crippen molar-refractivity contribution in [1.29, 1.82) is 0 Å². The van der Waals surface area contributed by atoms with Crippen molar-refractivity contribution >= 4 is 11.6 Å². The maximum Gasteiger partial charge on any atom is 0.212 e. The number of aryl methyl sites for hydroxylation is 1. The molecule has 0 atom stereocenters. The Kier molecular flexibility index (Phi) is 4.59. The van der Waals surface area contributed by atoms with Gasteiger partial charge in [0.2, 0.25) is 5.88 Å². The summed E-state index contributed by atoms with van der Waals surface area (Å²) in [6, 6.07) is 5.54. The van der Waals surface area contributed by atoms with Crippen LogP contribution in [-0.2, 0) is 7.05 Å². The van der Waals surface area contributed by atoms with E-state index in [9.17, 15) is 8.78 Å². The third kappa shape index (κ3) is 3.02. The van der Waals surface area contributed by atoms with E-state index in [4.69, 9.17) is 21.1 Å². The highest BCUT2D eigenvalue weighted by Gasteiger charge is 2.25. The largest absolute Gasteiger partial charge is 0.497 e. The van der Waals surface area contributed by atoms with Crippen LogP contribution in [0.5, 0.6) is 11.6 Å². The van der Waals surface area contributed by atoms with Gasteiger partial charge in [-0.3, -0.25) is 4.68 Å². The van der Waals surface area contributed by atoms with Crippen molar-refractivity contribution in [2.45, 2.75) is 0 Å². The maximum absolute atomic E-state index is 14.5. The number of ether oxygens (including phenoxy) is 2. The van der Waals surface area contributed by atoms with Gasteiger partial charge >= 0.3 is 0 Å². The summed E-state index contributed by atoms with van der Waals surface area (Å²) in [5, 5.41) is 4.07. The minimum absolute atomic E-state index is 0.0173. The van der Waals surface area contributed by atoms with Gasteiger partial charge in [0.25, 0.3) is 0 Å². The molecule has 2 aromatic heterocycles. The molecule has 0 N–H and O–H groups in total. The maximum atomic E-state index is 14.5. The monoisotopic (exact) mass is 365 g/mol. The highest BCUT2D eigenvalue weighted by atomic mass is 35.5. The predicted molar refractivity (Wildman–Crippen MR) is 89.9 cm³/mol. The first kappa shape index (κ1) is 17.2. The quantitative estimate of drug-likeness (QED) is 0.698. The molecular formula is C17H14ClF2N3O2. The molecule has 0 saturated heterocycles. The molecule has 0 saturated carbocycles. The average molecular weight is 366 g/mol. The van der Waals surface area contributed by atoms with Gasteiger partial charge in [0.05, 0.1) is 31.0 Å². The Bertz CT molecular complexity index is 903. The molecular weight excluding hydrogens is 352 g/mol. The lowest BCUT2D eigenvalue weighted by atomic mass is 10.0. The summed E-state index contributed by atoms with van der Waals surface area (Å²) in [5.41, 5.74) is 0.897. The first-order chi connectivity index (χ1) is 12.0. The van der Waals surface area contributed by atoms with Gasteiger partial charge in [0.15, 0.2) is 5.15 Å². The topological polar surface area (TPSA) is 49.2 Å². The van der Waals surface area contributed by atoms with E-state index in [1.165, 1.54) is 25.1 Å². The molecule has 0 amide bonds. The summed E-state index contributed by atoms with van der Waals surface area (Å²) >= 11 is 6.17. The number of rotatable bonds is 4. The van der Waals surface area contributed by atoms with Gasteiger partial charge < -0.3 is 9.47 Å². The Morgan fingerprint density at radius 3 is 2.24 bits per heavy atom. The molecule has 5 nitrogen and oxygen atoms in total. The van der Waals surface area contributed by atoms with Crippen molar-refractivity contribution in [3.8, 4) is 34.0 Å². The van der Waals surface area contributed by atoms with Gasteiger partial charge in [-0.15, -0.1) is 0 Å². The van der Waals surface area contributed by atoms with Crippen LogP contribution < -0.4 is 9.47 Å². The highest BCUT2D eigenvalue weighted by Crippen LogP contribution is 2.40. The van der Waals surface area contributed by atoms with Crippen molar-refractivity contribution in [3.05, 3.63) is 47.2 Å². The molecule has 3 aromatic rings. The number of aromatic nitrogens is 3. The summed E-state index contributed by atoms with van der Waals surface area (Å²) in [5.74, 6) is -1.10. The SMILES string of the molecule is COc1cc(F)c(-c2c(Cl)nn(C)c2-c2ccc(OC)nc2)c(F)c1. The van der Waals surface area contributed by atoms with Crippen LogP contribution in [0.15, 0.2) is 30.5 Å². The van der Waals surface area contributed by atoms with Crippen molar-refractivity contribution in [2.24, 2.45) is 7.05 Å². The molecule has 3 rings (SSSR count). The number of nitrogens with zero attached hydrogens (tertiary/aromatic N) is 3. The third-order valence-electron chi connectivity index (χ3n) is 3.72. The molecule has 2 heterocycles. The summed E-state index contributed by atoms with van der Waals surface area (Å²) in [7, 11) is 4.46. The molecule has 130 valence electrons. The zero-order valence-electron chi connectivity index (χ0n) is 13.7. The molecule has 0 aliphatic carbocycles. The van der Waals surface area contributed by atoms with Crippen molar-refractivity contribution < 1.29 is 18.3 Å². The van der Waals surface area contributed by atoms with Crippen molar-refractivity contribution in [2.75, 3.05) is 14.2 Å². The number of benzene rings is 1. The van der Waals surface area contributed by atoms with E-state index < -0.39 is 11.6 Å². The van der Waals surface area contributed by atoms with Crippen LogP contribution in [0, 0.1) is 11.6 Å². The normalized spacial score (nSPS) is 10.8. The Morgan fingerprint density at radius 1 is 1.04 bits per heavy atom. The van der Waals surface area contributed by atoms with Crippen LogP contribution in [0.25, 0.3) is 22.4 Å². The van der Waals surface area contributed by atoms with Gasteiger partial charge in [0, 0.05) is 37.0 Å². The number of halogens is 3. The zero-order valence-corrected chi connectivity index (χ0v) is 14.4. The van der Waals surface area contributed by atoms with Gasteiger partial charge in [-0.2, -0.15) is 5.10 Å². The molecule has 0 fully saturated rings. The zero-order chi connectivity index (χ0) is 18.1. The Morgan fingerprint density at radius 2 is 1.72 bits per heavy atom. The second kappa shape index (κ2) is 6.68. The van der Waals surface area contributed by atoms with Crippen LogP contribution >= 0.6 is 11.6 Å². The summed E-state index contributed by atoms with van der Waals surface area (Å²) in [6.07, 6.45) is 1.52. The molecule has 0 aliphatic heterocycles. The van der Waals surface area contributed by atoms with Crippen LogP contribution in [0.2, 0.25) is 5.15 Å². The lowest BCUT2D eigenvalue weighted by Crippen LogP contribution is -1.98.